The summed E-state index contributed by atoms with van der Waals surface area (Å²) in [6.45, 7) is 5.74. The number of pyridine rings is 1. The van der Waals surface area contributed by atoms with E-state index in [0.29, 0.717) is 5.56 Å². The zero-order valence-electron chi connectivity index (χ0n) is 14.1. The summed E-state index contributed by atoms with van der Waals surface area (Å²) in [6, 6.07) is 15.3. The Morgan fingerprint density at radius 3 is 2.38 bits per heavy atom. The lowest BCUT2D eigenvalue weighted by Crippen LogP contribution is -2.29. The quantitative estimate of drug-likeness (QED) is 0.802. The SMILES string of the molecule is Cc1cc(C)cc(NC(=O)Cn2c(=O)c(C)cc3ccccc32)c1. The van der Waals surface area contributed by atoms with Crippen molar-refractivity contribution in [3.05, 3.63) is 75.6 Å². The van der Waals surface area contributed by atoms with Crippen LogP contribution in [0.25, 0.3) is 10.9 Å². The molecule has 1 heterocycles. The number of rotatable bonds is 3. The van der Waals surface area contributed by atoms with Crippen molar-refractivity contribution in [2.45, 2.75) is 27.3 Å². The second-order valence-corrected chi connectivity index (χ2v) is 6.20. The molecule has 1 N–H and O–H groups in total. The maximum absolute atomic E-state index is 12.5. The Morgan fingerprint density at radius 1 is 1.00 bits per heavy atom. The Labute approximate surface area is 140 Å². The molecule has 0 aliphatic carbocycles. The molecule has 122 valence electrons. The Hall–Kier alpha value is -2.88. The minimum absolute atomic E-state index is 0.00594. The molecule has 0 bridgehead atoms. The molecule has 0 saturated heterocycles. The first kappa shape index (κ1) is 16.0. The van der Waals surface area contributed by atoms with Crippen LogP contribution >= 0.6 is 0 Å². The fourth-order valence-electron chi connectivity index (χ4n) is 3.02. The molecule has 2 aromatic carbocycles. The molecular formula is C20H20N2O2. The molecule has 0 aliphatic rings. The third kappa shape index (κ3) is 3.23. The first-order valence-corrected chi connectivity index (χ1v) is 7.91. The molecule has 0 aliphatic heterocycles. The zero-order chi connectivity index (χ0) is 17.3. The van der Waals surface area contributed by atoms with Gasteiger partial charge in [0.1, 0.15) is 6.54 Å². The highest BCUT2D eigenvalue weighted by atomic mass is 16.2. The smallest absolute Gasteiger partial charge is 0.254 e. The summed E-state index contributed by atoms with van der Waals surface area (Å²) in [6.07, 6.45) is 0. The monoisotopic (exact) mass is 320 g/mol. The Bertz CT molecular complexity index is 966. The number of carbonyl (C=O) groups excluding carboxylic acids is 1. The number of aromatic nitrogens is 1. The van der Waals surface area contributed by atoms with Gasteiger partial charge in [-0.2, -0.15) is 0 Å². The highest BCUT2D eigenvalue weighted by molar-refractivity contribution is 5.92. The van der Waals surface area contributed by atoms with Crippen LogP contribution in [0.15, 0.2) is 53.3 Å². The summed E-state index contributed by atoms with van der Waals surface area (Å²) in [5, 5.41) is 3.84. The number of hydrogen-bond donors (Lipinski definition) is 1. The van der Waals surface area contributed by atoms with Crippen LogP contribution in [0.2, 0.25) is 0 Å². The third-order valence-corrected chi connectivity index (χ3v) is 3.99. The average Bonchev–Trinajstić information content (AvgIpc) is 2.50. The van der Waals surface area contributed by atoms with E-state index in [2.05, 4.69) is 5.32 Å². The van der Waals surface area contributed by atoms with E-state index in [4.69, 9.17) is 0 Å². The summed E-state index contributed by atoms with van der Waals surface area (Å²) in [7, 11) is 0. The average molecular weight is 320 g/mol. The summed E-state index contributed by atoms with van der Waals surface area (Å²) in [4.78, 5) is 24.9. The van der Waals surface area contributed by atoms with Gasteiger partial charge in [0, 0.05) is 11.3 Å². The normalized spacial score (nSPS) is 10.8. The molecule has 0 spiro atoms. The highest BCUT2D eigenvalue weighted by Gasteiger charge is 2.11. The number of para-hydroxylation sites is 1. The van der Waals surface area contributed by atoms with Crippen molar-refractivity contribution < 1.29 is 4.79 Å². The molecule has 3 aromatic rings. The highest BCUT2D eigenvalue weighted by Crippen LogP contribution is 2.15. The molecule has 1 amide bonds. The zero-order valence-corrected chi connectivity index (χ0v) is 14.1. The van der Waals surface area contributed by atoms with Gasteiger partial charge in [0.15, 0.2) is 0 Å². The standard InChI is InChI=1S/C20H20N2O2/c1-13-8-14(2)10-17(9-13)21-19(23)12-22-18-7-5-4-6-16(18)11-15(3)20(22)24/h4-11H,12H2,1-3H3,(H,21,23). The van der Waals surface area contributed by atoms with Crippen molar-refractivity contribution in [2.75, 3.05) is 5.32 Å². The van der Waals surface area contributed by atoms with E-state index in [1.165, 1.54) is 4.57 Å². The van der Waals surface area contributed by atoms with Gasteiger partial charge in [-0.3, -0.25) is 14.2 Å². The Kier molecular flexibility index (Phi) is 4.21. The Morgan fingerprint density at radius 2 is 1.67 bits per heavy atom. The van der Waals surface area contributed by atoms with Gasteiger partial charge in [-0.25, -0.2) is 0 Å². The number of aryl methyl sites for hydroxylation is 3. The van der Waals surface area contributed by atoms with Gasteiger partial charge in [0.05, 0.1) is 5.52 Å². The number of fused-ring (bicyclic) bond motifs is 1. The lowest BCUT2D eigenvalue weighted by atomic mass is 10.1. The van der Waals surface area contributed by atoms with Crippen molar-refractivity contribution in [1.29, 1.82) is 0 Å². The van der Waals surface area contributed by atoms with Crippen LogP contribution in [0, 0.1) is 20.8 Å². The fraction of sp³-hybridized carbons (Fsp3) is 0.200. The van der Waals surface area contributed by atoms with Crippen LogP contribution in [-0.4, -0.2) is 10.5 Å². The van der Waals surface area contributed by atoms with Crippen LogP contribution in [0.5, 0.6) is 0 Å². The largest absolute Gasteiger partial charge is 0.325 e. The molecule has 0 fully saturated rings. The molecule has 4 heteroatoms. The van der Waals surface area contributed by atoms with Crippen LogP contribution in [-0.2, 0) is 11.3 Å². The van der Waals surface area contributed by atoms with Crippen molar-refractivity contribution >= 4 is 22.5 Å². The summed E-state index contributed by atoms with van der Waals surface area (Å²) in [5.74, 6) is -0.210. The molecular weight excluding hydrogens is 300 g/mol. The molecule has 1 aromatic heterocycles. The van der Waals surface area contributed by atoms with E-state index in [0.717, 1.165) is 27.7 Å². The second kappa shape index (κ2) is 6.32. The lowest BCUT2D eigenvalue weighted by molar-refractivity contribution is -0.116. The van der Waals surface area contributed by atoms with Gasteiger partial charge in [-0.1, -0.05) is 24.3 Å². The topological polar surface area (TPSA) is 51.1 Å². The molecule has 24 heavy (non-hydrogen) atoms. The predicted molar refractivity (Wildman–Crippen MR) is 97.5 cm³/mol. The van der Waals surface area contributed by atoms with Gasteiger partial charge in [-0.05, 0) is 61.5 Å². The van der Waals surface area contributed by atoms with Crippen molar-refractivity contribution in [3.63, 3.8) is 0 Å². The van der Waals surface area contributed by atoms with Gasteiger partial charge < -0.3 is 5.32 Å². The number of hydrogen-bond acceptors (Lipinski definition) is 2. The number of anilines is 1. The predicted octanol–water partition coefficient (Wildman–Crippen LogP) is 3.57. The molecule has 0 unspecified atom stereocenters. The minimum atomic E-state index is -0.210. The number of nitrogens with zero attached hydrogens (tertiary/aromatic N) is 1. The summed E-state index contributed by atoms with van der Waals surface area (Å²) in [5.41, 5.74) is 4.19. The van der Waals surface area contributed by atoms with Crippen LogP contribution < -0.4 is 10.9 Å². The second-order valence-electron chi connectivity index (χ2n) is 6.20. The van der Waals surface area contributed by atoms with Crippen molar-refractivity contribution in [2.24, 2.45) is 0 Å². The first-order valence-electron chi connectivity index (χ1n) is 7.91. The molecule has 0 radical (unpaired) electrons. The maximum Gasteiger partial charge on any atom is 0.254 e. The summed E-state index contributed by atoms with van der Waals surface area (Å²) >= 11 is 0. The maximum atomic E-state index is 12.5. The van der Waals surface area contributed by atoms with Crippen molar-refractivity contribution in [3.8, 4) is 0 Å². The van der Waals surface area contributed by atoms with Crippen LogP contribution in [0.1, 0.15) is 16.7 Å². The van der Waals surface area contributed by atoms with E-state index in [9.17, 15) is 9.59 Å². The number of nitrogens with one attached hydrogen (secondary N) is 1. The number of benzene rings is 2. The number of carbonyl (C=O) groups is 1. The molecule has 0 atom stereocenters. The first-order chi connectivity index (χ1) is 11.4. The van der Waals surface area contributed by atoms with E-state index >= 15 is 0 Å². The van der Waals surface area contributed by atoms with Crippen molar-refractivity contribution in [1.82, 2.24) is 4.57 Å². The molecule has 0 saturated carbocycles. The summed E-state index contributed by atoms with van der Waals surface area (Å²) < 4.78 is 1.53. The third-order valence-electron chi connectivity index (χ3n) is 3.99. The van der Waals surface area contributed by atoms with Gasteiger partial charge in [0.2, 0.25) is 5.91 Å². The number of amides is 1. The van der Waals surface area contributed by atoms with Gasteiger partial charge in [0.25, 0.3) is 5.56 Å². The van der Waals surface area contributed by atoms with Crippen LogP contribution in [0.4, 0.5) is 5.69 Å². The Balaban J connectivity index is 1.93. The molecule has 4 nitrogen and oxygen atoms in total. The molecule has 3 rings (SSSR count). The minimum Gasteiger partial charge on any atom is -0.325 e. The van der Waals surface area contributed by atoms with Gasteiger partial charge in [-0.15, -0.1) is 0 Å². The van der Waals surface area contributed by atoms with Crippen LogP contribution in [0.3, 0.4) is 0 Å². The van der Waals surface area contributed by atoms with E-state index in [1.807, 2.05) is 62.4 Å². The van der Waals surface area contributed by atoms with E-state index in [-0.39, 0.29) is 18.0 Å². The fourth-order valence-corrected chi connectivity index (χ4v) is 3.02. The lowest BCUT2D eigenvalue weighted by Gasteiger charge is -2.12. The van der Waals surface area contributed by atoms with Gasteiger partial charge >= 0.3 is 0 Å². The van der Waals surface area contributed by atoms with E-state index in [1.54, 1.807) is 6.92 Å². The van der Waals surface area contributed by atoms with E-state index < -0.39 is 0 Å².